The van der Waals surface area contributed by atoms with E-state index in [1.807, 2.05) is 6.92 Å². The van der Waals surface area contributed by atoms with Crippen molar-refractivity contribution in [1.82, 2.24) is 9.80 Å². The van der Waals surface area contributed by atoms with E-state index in [9.17, 15) is 14.7 Å². The fraction of sp³-hybridized carbons (Fsp3) is 0.565. The van der Waals surface area contributed by atoms with E-state index in [1.165, 1.54) is 30.9 Å². The first kappa shape index (κ1) is 20.6. The highest BCUT2D eigenvalue weighted by Gasteiger charge is 2.50. The van der Waals surface area contributed by atoms with Crippen molar-refractivity contribution in [2.75, 3.05) is 20.2 Å². The smallest absolute Gasteiger partial charge is 0.222 e. The molecular formula is C23H32N2O3. The minimum Gasteiger partial charge on any atom is -0.394 e. The number of allylic oxidation sites excluding steroid dienone is 2. The molecule has 0 radical (unpaired) electrons. The highest BCUT2D eigenvalue weighted by atomic mass is 16.3. The van der Waals surface area contributed by atoms with Crippen LogP contribution in [-0.2, 0) is 9.59 Å². The first-order chi connectivity index (χ1) is 13.5. The van der Waals surface area contributed by atoms with Crippen molar-refractivity contribution in [3.05, 3.63) is 41.5 Å². The van der Waals surface area contributed by atoms with Crippen LogP contribution in [0, 0.1) is 0 Å². The summed E-state index contributed by atoms with van der Waals surface area (Å²) in [6.07, 6.45) is 7.54. The molecule has 2 aliphatic rings. The summed E-state index contributed by atoms with van der Waals surface area (Å²) >= 11 is 0. The Morgan fingerprint density at radius 3 is 2.43 bits per heavy atom. The number of rotatable bonds is 6. The molecule has 5 nitrogen and oxygen atoms in total. The summed E-state index contributed by atoms with van der Waals surface area (Å²) in [5.41, 5.74) is 3.81. The molecule has 1 N–H and O–H groups in total. The highest BCUT2D eigenvalue weighted by molar-refractivity contribution is 5.79. The van der Waals surface area contributed by atoms with Gasteiger partial charge in [-0.1, -0.05) is 37.3 Å². The Morgan fingerprint density at radius 2 is 1.89 bits per heavy atom. The van der Waals surface area contributed by atoms with Gasteiger partial charge in [0.1, 0.15) is 0 Å². The molecule has 3 atom stereocenters. The number of hydrogen-bond donors (Lipinski definition) is 1. The lowest BCUT2D eigenvalue weighted by Gasteiger charge is -2.55. The third-order valence-electron chi connectivity index (χ3n) is 6.28. The van der Waals surface area contributed by atoms with Crippen molar-refractivity contribution >= 4 is 17.4 Å². The van der Waals surface area contributed by atoms with Gasteiger partial charge in [0, 0.05) is 32.9 Å². The van der Waals surface area contributed by atoms with Crippen LogP contribution in [-0.4, -0.2) is 59.0 Å². The van der Waals surface area contributed by atoms with Gasteiger partial charge in [0.2, 0.25) is 11.8 Å². The summed E-state index contributed by atoms with van der Waals surface area (Å²) in [6, 6.07) is 8.27. The van der Waals surface area contributed by atoms with Crippen LogP contribution in [0.5, 0.6) is 0 Å². The van der Waals surface area contributed by atoms with Crippen molar-refractivity contribution in [1.29, 1.82) is 0 Å². The van der Waals surface area contributed by atoms with Gasteiger partial charge in [-0.15, -0.1) is 0 Å². The third kappa shape index (κ3) is 4.00. The second-order valence-corrected chi connectivity index (χ2v) is 7.99. The Hall–Kier alpha value is -2.14. The number of likely N-dealkylation sites (tertiary alicyclic amines) is 1. The van der Waals surface area contributed by atoms with Crippen LogP contribution >= 0.6 is 0 Å². The molecule has 28 heavy (non-hydrogen) atoms. The van der Waals surface area contributed by atoms with Gasteiger partial charge in [-0.3, -0.25) is 9.59 Å². The SMILES string of the molecule is CCC(=O)N1[C@H](CN(C)C(C)=O)[C@H](c2ccc(C3=CCCCC3)cc2)[C@@H]1CO. The molecule has 5 heteroatoms. The van der Waals surface area contributed by atoms with Crippen LogP contribution in [0.15, 0.2) is 30.3 Å². The van der Waals surface area contributed by atoms with E-state index in [4.69, 9.17) is 0 Å². The molecule has 1 saturated heterocycles. The number of hydrogen-bond acceptors (Lipinski definition) is 3. The zero-order valence-electron chi connectivity index (χ0n) is 17.2. The maximum Gasteiger partial charge on any atom is 0.222 e. The lowest BCUT2D eigenvalue weighted by atomic mass is 9.74. The van der Waals surface area contributed by atoms with Crippen molar-refractivity contribution in [2.45, 2.75) is 64.0 Å². The largest absolute Gasteiger partial charge is 0.394 e. The molecule has 0 unspecified atom stereocenters. The Kier molecular flexibility index (Phi) is 6.55. The molecule has 1 fully saturated rings. The predicted molar refractivity (Wildman–Crippen MR) is 111 cm³/mol. The van der Waals surface area contributed by atoms with Crippen molar-refractivity contribution in [3.63, 3.8) is 0 Å². The zero-order valence-corrected chi connectivity index (χ0v) is 17.2. The molecule has 0 aromatic heterocycles. The van der Waals surface area contributed by atoms with Gasteiger partial charge in [-0.25, -0.2) is 0 Å². The molecule has 1 aliphatic carbocycles. The van der Waals surface area contributed by atoms with Crippen LogP contribution in [0.2, 0.25) is 0 Å². The molecular weight excluding hydrogens is 352 g/mol. The lowest BCUT2D eigenvalue weighted by molar-refractivity contribution is -0.153. The monoisotopic (exact) mass is 384 g/mol. The first-order valence-corrected chi connectivity index (χ1v) is 10.4. The van der Waals surface area contributed by atoms with E-state index in [2.05, 4.69) is 30.3 Å². The van der Waals surface area contributed by atoms with Crippen LogP contribution in [0.3, 0.4) is 0 Å². The first-order valence-electron chi connectivity index (χ1n) is 10.4. The maximum absolute atomic E-state index is 12.5. The normalized spacial score (nSPS) is 24.4. The number of likely N-dealkylation sites (N-methyl/N-ethyl adjacent to an activating group) is 1. The average molecular weight is 385 g/mol. The van der Waals surface area contributed by atoms with Crippen LogP contribution in [0.25, 0.3) is 5.57 Å². The average Bonchev–Trinajstić information content (AvgIpc) is 2.71. The van der Waals surface area contributed by atoms with Crippen molar-refractivity contribution < 1.29 is 14.7 Å². The number of nitrogens with zero attached hydrogens (tertiary/aromatic N) is 2. The minimum absolute atomic E-state index is 0.0188. The second kappa shape index (κ2) is 8.91. The summed E-state index contributed by atoms with van der Waals surface area (Å²) < 4.78 is 0. The molecule has 0 bridgehead atoms. The number of aliphatic hydroxyl groups excluding tert-OH is 1. The summed E-state index contributed by atoms with van der Waals surface area (Å²) in [7, 11) is 1.76. The van der Waals surface area contributed by atoms with Crippen LogP contribution in [0.1, 0.15) is 63.0 Å². The summed E-state index contributed by atoms with van der Waals surface area (Å²) in [5.74, 6) is 0.0487. The molecule has 152 valence electrons. The molecule has 3 rings (SSSR count). The Morgan fingerprint density at radius 1 is 1.18 bits per heavy atom. The second-order valence-electron chi connectivity index (χ2n) is 7.99. The van der Waals surface area contributed by atoms with Gasteiger partial charge in [-0.05, 0) is 42.4 Å². The molecule has 2 amide bonds. The van der Waals surface area contributed by atoms with E-state index in [-0.39, 0.29) is 36.4 Å². The van der Waals surface area contributed by atoms with Crippen LogP contribution in [0.4, 0.5) is 0 Å². The third-order valence-corrected chi connectivity index (χ3v) is 6.28. The number of carbonyl (C=O) groups is 2. The number of aliphatic hydroxyl groups is 1. The van der Waals surface area contributed by atoms with Gasteiger partial charge in [-0.2, -0.15) is 0 Å². The van der Waals surface area contributed by atoms with Gasteiger partial charge in [0.25, 0.3) is 0 Å². The van der Waals surface area contributed by atoms with E-state index in [1.54, 1.807) is 16.8 Å². The maximum atomic E-state index is 12.5. The zero-order chi connectivity index (χ0) is 20.3. The molecule has 0 spiro atoms. The predicted octanol–water partition coefficient (Wildman–Crippen LogP) is 3.19. The van der Waals surface area contributed by atoms with Crippen molar-refractivity contribution in [3.8, 4) is 0 Å². The summed E-state index contributed by atoms with van der Waals surface area (Å²) in [6.45, 7) is 3.79. The van der Waals surface area contributed by atoms with Gasteiger partial charge in [0.15, 0.2) is 0 Å². The Labute approximate surface area is 168 Å². The van der Waals surface area contributed by atoms with E-state index in [0.717, 1.165) is 18.4 Å². The van der Waals surface area contributed by atoms with Crippen molar-refractivity contribution in [2.24, 2.45) is 0 Å². The lowest BCUT2D eigenvalue weighted by Crippen LogP contribution is -2.68. The fourth-order valence-corrected chi connectivity index (χ4v) is 4.58. The number of carbonyl (C=O) groups excluding carboxylic acids is 2. The standard InChI is InChI=1S/C23H32N2O3/c1-4-22(28)25-20(14-24(3)16(2)27)23(21(25)15-26)19-12-10-18(11-13-19)17-8-6-5-7-9-17/h8,10-13,20-21,23,26H,4-7,9,14-15H2,1-3H3/t20-,21+,23+/m1/s1. The van der Waals surface area contributed by atoms with Gasteiger partial charge >= 0.3 is 0 Å². The fourth-order valence-electron chi connectivity index (χ4n) is 4.58. The Bertz CT molecular complexity index is 741. The molecule has 1 aromatic carbocycles. The number of amides is 2. The summed E-state index contributed by atoms with van der Waals surface area (Å²) in [5, 5.41) is 9.97. The minimum atomic E-state index is -0.224. The highest BCUT2D eigenvalue weighted by Crippen LogP contribution is 2.42. The summed E-state index contributed by atoms with van der Waals surface area (Å²) in [4.78, 5) is 27.6. The molecule has 1 aliphatic heterocycles. The van der Waals surface area contributed by atoms with Crippen LogP contribution < -0.4 is 0 Å². The van der Waals surface area contributed by atoms with E-state index >= 15 is 0 Å². The molecule has 1 aromatic rings. The molecule has 1 heterocycles. The topological polar surface area (TPSA) is 60.9 Å². The van der Waals surface area contributed by atoms with Gasteiger partial charge in [0.05, 0.1) is 18.7 Å². The number of benzene rings is 1. The van der Waals surface area contributed by atoms with Gasteiger partial charge < -0.3 is 14.9 Å². The molecule has 0 saturated carbocycles. The van der Waals surface area contributed by atoms with E-state index in [0.29, 0.717) is 13.0 Å². The van der Waals surface area contributed by atoms with E-state index < -0.39 is 0 Å². The Balaban J connectivity index is 1.85. The quantitative estimate of drug-likeness (QED) is 0.819.